The van der Waals surface area contributed by atoms with Crippen molar-refractivity contribution in [3.8, 4) is 0 Å². The van der Waals surface area contributed by atoms with E-state index < -0.39 is 17.6 Å². The largest absolute Gasteiger partial charge is 0.416 e. The molecule has 0 saturated carbocycles. The van der Waals surface area contributed by atoms with Crippen LogP contribution in [0.1, 0.15) is 54.9 Å². The maximum absolute atomic E-state index is 12.9. The van der Waals surface area contributed by atoms with Crippen LogP contribution >= 0.6 is 0 Å². The summed E-state index contributed by atoms with van der Waals surface area (Å²) in [7, 11) is 0. The van der Waals surface area contributed by atoms with Crippen molar-refractivity contribution in [1.82, 2.24) is 10.6 Å². The van der Waals surface area contributed by atoms with Gasteiger partial charge in [0.05, 0.1) is 22.9 Å². The fraction of sp³-hybridized carbons (Fsp3) is 0.375. The molecule has 0 bridgehead atoms. The van der Waals surface area contributed by atoms with Crippen LogP contribution in [0.2, 0.25) is 0 Å². The lowest BCUT2D eigenvalue weighted by Crippen LogP contribution is -2.30. The molecule has 1 saturated heterocycles. The zero-order valence-electron chi connectivity index (χ0n) is 18.7. The molecule has 34 heavy (non-hydrogen) atoms. The molecule has 7 nitrogen and oxygen atoms in total. The summed E-state index contributed by atoms with van der Waals surface area (Å²) in [5.41, 5.74) is -0.436. The van der Waals surface area contributed by atoms with Crippen molar-refractivity contribution in [2.45, 2.75) is 57.3 Å². The zero-order valence-corrected chi connectivity index (χ0v) is 18.7. The van der Waals surface area contributed by atoms with E-state index in [1.807, 2.05) is 6.92 Å². The average molecular weight is 476 g/mol. The van der Waals surface area contributed by atoms with Crippen molar-refractivity contribution < 1.29 is 27.6 Å². The van der Waals surface area contributed by atoms with Gasteiger partial charge in [-0.25, -0.2) is 4.79 Å². The van der Waals surface area contributed by atoms with Crippen molar-refractivity contribution in [3.05, 3.63) is 59.7 Å². The van der Waals surface area contributed by atoms with Crippen molar-refractivity contribution >= 4 is 29.2 Å². The molecular weight excluding hydrogens is 449 g/mol. The fourth-order valence-electron chi connectivity index (χ4n) is 3.77. The monoisotopic (exact) mass is 476 g/mol. The van der Waals surface area contributed by atoms with Crippen LogP contribution in [-0.4, -0.2) is 29.9 Å². The van der Waals surface area contributed by atoms with Crippen molar-refractivity contribution in [2.75, 3.05) is 10.6 Å². The number of hydrogen-bond acceptors (Lipinski definition) is 3. The van der Waals surface area contributed by atoms with Gasteiger partial charge in [-0.05, 0) is 50.1 Å². The number of anilines is 2. The Morgan fingerprint density at radius 1 is 0.971 bits per heavy atom. The Hall–Kier alpha value is -3.56. The van der Waals surface area contributed by atoms with E-state index in [0.717, 1.165) is 31.4 Å². The Morgan fingerprint density at radius 2 is 1.74 bits per heavy atom. The van der Waals surface area contributed by atoms with Crippen LogP contribution in [0.15, 0.2) is 48.5 Å². The smallest absolute Gasteiger partial charge is 0.334 e. The summed E-state index contributed by atoms with van der Waals surface area (Å²) in [4.78, 5) is 36.4. The van der Waals surface area contributed by atoms with E-state index >= 15 is 0 Å². The maximum Gasteiger partial charge on any atom is 0.416 e. The summed E-state index contributed by atoms with van der Waals surface area (Å²) in [6.07, 6.45) is -1.13. The Kier molecular flexibility index (Phi) is 8.14. The minimum Gasteiger partial charge on any atom is -0.334 e. The number of rotatable bonds is 9. The number of benzene rings is 2. The molecule has 0 aliphatic carbocycles. The van der Waals surface area contributed by atoms with Gasteiger partial charge in [0, 0.05) is 18.2 Å². The second-order valence-electron chi connectivity index (χ2n) is 8.24. The minimum atomic E-state index is -4.52. The van der Waals surface area contributed by atoms with Crippen LogP contribution in [0.25, 0.3) is 0 Å². The van der Waals surface area contributed by atoms with Gasteiger partial charge in [-0.15, -0.1) is 0 Å². The summed E-state index contributed by atoms with van der Waals surface area (Å²) in [6, 6.07) is 10.7. The molecule has 0 spiro atoms. The average Bonchev–Trinajstić information content (AvgIpc) is 3.10. The van der Waals surface area contributed by atoms with Gasteiger partial charge in [-0.2, -0.15) is 13.2 Å². The topological polar surface area (TPSA) is 99.3 Å². The highest BCUT2D eigenvalue weighted by molar-refractivity contribution is 6.10. The van der Waals surface area contributed by atoms with Gasteiger partial charge in [-0.3, -0.25) is 9.59 Å². The van der Waals surface area contributed by atoms with Crippen LogP contribution < -0.4 is 21.3 Å². The van der Waals surface area contributed by atoms with Gasteiger partial charge in [-0.1, -0.05) is 31.0 Å². The molecule has 4 N–H and O–H groups in total. The standard InChI is InChI=1S/C24H27F3N4O3/c1-15-19(31-23(34)28-15)11-3-2-4-13-21(32)30-20-12-6-5-10-18(20)22(33)29-17-9-7-8-16(14-17)24(25,26)27/h5-10,12,14-15,19H,2-4,11,13H2,1H3,(H,29,33)(H,30,32)(H2,28,31,34)/t15-,19-/m1/s1. The number of unbranched alkanes of at least 4 members (excludes halogenated alkanes) is 2. The van der Waals surface area contributed by atoms with E-state index in [2.05, 4.69) is 21.3 Å². The first-order valence-electron chi connectivity index (χ1n) is 11.1. The lowest BCUT2D eigenvalue weighted by atomic mass is 10.0. The molecular formula is C24H27F3N4O3. The fourth-order valence-corrected chi connectivity index (χ4v) is 3.77. The molecule has 4 amide bonds. The van der Waals surface area contributed by atoms with Gasteiger partial charge >= 0.3 is 12.2 Å². The molecule has 2 aromatic rings. The first-order valence-corrected chi connectivity index (χ1v) is 11.1. The van der Waals surface area contributed by atoms with E-state index in [1.54, 1.807) is 18.2 Å². The lowest BCUT2D eigenvalue weighted by Gasteiger charge is -2.14. The third-order valence-electron chi connectivity index (χ3n) is 5.59. The third kappa shape index (κ3) is 6.97. The van der Waals surface area contributed by atoms with Crippen LogP contribution in [0.4, 0.5) is 29.3 Å². The normalized spacial score (nSPS) is 17.6. The summed E-state index contributed by atoms with van der Waals surface area (Å²) < 4.78 is 38.8. The SMILES string of the molecule is C[C@H]1NC(=O)N[C@@H]1CCCCCC(=O)Nc1ccccc1C(=O)Nc1cccc(C(F)(F)F)c1. The summed E-state index contributed by atoms with van der Waals surface area (Å²) in [5.74, 6) is -0.889. The number of urea groups is 1. The van der Waals surface area contributed by atoms with E-state index in [9.17, 15) is 27.6 Å². The number of carbonyl (C=O) groups is 3. The molecule has 10 heteroatoms. The van der Waals surface area contributed by atoms with Crippen LogP contribution in [0.5, 0.6) is 0 Å². The number of alkyl halides is 3. The first-order chi connectivity index (χ1) is 16.1. The Morgan fingerprint density at radius 3 is 2.44 bits per heavy atom. The highest BCUT2D eigenvalue weighted by Crippen LogP contribution is 2.31. The van der Waals surface area contributed by atoms with E-state index in [4.69, 9.17) is 0 Å². The second-order valence-corrected chi connectivity index (χ2v) is 8.24. The highest BCUT2D eigenvalue weighted by Gasteiger charge is 2.30. The number of hydrogen-bond donors (Lipinski definition) is 4. The first kappa shape index (κ1) is 25.1. The van der Waals surface area contributed by atoms with Crippen LogP contribution in [-0.2, 0) is 11.0 Å². The molecule has 1 aliphatic heterocycles. The van der Waals surface area contributed by atoms with Crippen LogP contribution in [0, 0.1) is 0 Å². The molecule has 2 aromatic carbocycles. The molecule has 3 rings (SSSR count). The van der Waals surface area contributed by atoms with E-state index in [1.165, 1.54) is 18.2 Å². The number of para-hydroxylation sites is 1. The van der Waals surface area contributed by atoms with Gasteiger partial charge in [0.15, 0.2) is 0 Å². The predicted molar refractivity (Wildman–Crippen MR) is 122 cm³/mol. The number of amides is 4. The Balaban J connectivity index is 1.50. The summed E-state index contributed by atoms with van der Waals surface area (Å²) >= 11 is 0. The predicted octanol–water partition coefficient (Wildman–Crippen LogP) is 4.92. The molecule has 0 aromatic heterocycles. The van der Waals surface area contributed by atoms with Crippen LogP contribution in [0.3, 0.4) is 0 Å². The quantitative estimate of drug-likeness (QED) is 0.387. The summed E-state index contributed by atoms with van der Waals surface area (Å²) in [6.45, 7) is 1.94. The van der Waals surface area contributed by atoms with Crippen molar-refractivity contribution in [1.29, 1.82) is 0 Å². The van der Waals surface area contributed by atoms with Gasteiger partial charge < -0.3 is 21.3 Å². The number of nitrogens with one attached hydrogen (secondary N) is 4. The van der Waals surface area contributed by atoms with E-state index in [-0.39, 0.29) is 47.4 Å². The maximum atomic E-state index is 12.9. The van der Waals surface area contributed by atoms with Crippen molar-refractivity contribution in [2.24, 2.45) is 0 Å². The van der Waals surface area contributed by atoms with E-state index in [0.29, 0.717) is 6.42 Å². The molecule has 2 atom stereocenters. The molecule has 1 fully saturated rings. The Labute approximate surface area is 195 Å². The zero-order chi connectivity index (χ0) is 24.7. The summed E-state index contributed by atoms with van der Waals surface area (Å²) in [5, 5.41) is 10.8. The highest BCUT2D eigenvalue weighted by atomic mass is 19.4. The van der Waals surface area contributed by atoms with Gasteiger partial charge in [0.25, 0.3) is 5.91 Å². The molecule has 0 radical (unpaired) electrons. The minimum absolute atomic E-state index is 0.00363. The third-order valence-corrected chi connectivity index (χ3v) is 5.59. The molecule has 1 heterocycles. The van der Waals surface area contributed by atoms with Gasteiger partial charge in [0.2, 0.25) is 5.91 Å². The second kappa shape index (κ2) is 11.0. The molecule has 182 valence electrons. The number of halogens is 3. The molecule has 0 unspecified atom stereocenters. The Bertz CT molecular complexity index is 1040. The van der Waals surface area contributed by atoms with Gasteiger partial charge in [0.1, 0.15) is 0 Å². The number of carbonyl (C=O) groups excluding carboxylic acids is 3. The van der Waals surface area contributed by atoms with Crippen molar-refractivity contribution in [3.63, 3.8) is 0 Å². The lowest BCUT2D eigenvalue weighted by molar-refractivity contribution is -0.137. The molecule has 1 aliphatic rings.